The van der Waals surface area contributed by atoms with E-state index in [4.69, 9.17) is 11.5 Å². The molecule has 0 fully saturated rings. The van der Waals surface area contributed by atoms with Crippen molar-refractivity contribution in [2.45, 2.75) is 77.0 Å². The fourth-order valence-corrected chi connectivity index (χ4v) is 2.06. The van der Waals surface area contributed by atoms with Crippen LogP contribution in [0.3, 0.4) is 0 Å². The van der Waals surface area contributed by atoms with Gasteiger partial charge in [0.25, 0.3) is 0 Å². The van der Waals surface area contributed by atoms with Crippen molar-refractivity contribution >= 4 is 0 Å². The van der Waals surface area contributed by atoms with Gasteiger partial charge in [0, 0.05) is 0 Å². The first-order valence-electron chi connectivity index (χ1n) is 7.32. The number of hydrogen-bond donors (Lipinski definition) is 2. The monoisotopic (exact) mass is 228 g/mol. The fourth-order valence-electron chi connectivity index (χ4n) is 2.06. The molecule has 0 rings (SSSR count). The average Bonchev–Trinajstić information content (AvgIpc) is 2.31. The molecule has 0 amide bonds. The van der Waals surface area contributed by atoms with Gasteiger partial charge in [0.1, 0.15) is 0 Å². The van der Waals surface area contributed by atoms with Gasteiger partial charge in [0.15, 0.2) is 0 Å². The van der Waals surface area contributed by atoms with Crippen LogP contribution in [0.2, 0.25) is 0 Å². The predicted octanol–water partition coefficient (Wildman–Crippen LogP) is 3.59. The van der Waals surface area contributed by atoms with Crippen molar-refractivity contribution in [3.8, 4) is 0 Å². The summed E-state index contributed by atoms with van der Waals surface area (Å²) in [7, 11) is 0. The largest absolute Gasteiger partial charge is 0.330 e. The second-order valence-corrected chi connectivity index (χ2v) is 4.82. The molecule has 0 unspecified atom stereocenters. The molecule has 0 saturated heterocycles. The van der Waals surface area contributed by atoms with Gasteiger partial charge in [-0.05, 0) is 25.9 Å². The summed E-state index contributed by atoms with van der Waals surface area (Å²) in [6.45, 7) is 1.73. The first-order chi connectivity index (χ1) is 7.91. The van der Waals surface area contributed by atoms with Crippen molar-refractivity contribution in [1.29, 1.82) is 0 Å². The summed E-state index contributed by atoms with van der Waals surface area (Å²) in [4.78, 5) is 0. The van der Waals surface area contributed by atoms with Crippen LogP contribution in [0.4, 0.5) is 0 Å². The lowest BCUT2D eigenvalue weighted by molar-refractivity contribution is 0.543. The van der Waals surface area contributed by atoms with Crippen molar-refractivity contribution in [3.05, 3.63) is 0 Å². The molecular formula is C14H32N2. The molecule has 0 atom stereocenters. The summed E-state index contributed by atoms with van der Waals surface area (Å²) in [5.74, 6) is 0. The van der Waals surface area contributed by atoms with Crippen LogP contribution in [-0.2, 0) is 0 Å². The van der Waals surface area contributed by atoms with Gasteiger partial charge in [0.05, 0.1) is 0 Å². The van der Waals surface area contributed by atoms with E-state index in [1.165, 1.54) is 77.0 Å². The van der Waals surface area contributed by atoms with E-state index in [0.29, 0.717) is 0 Å². The SMILES string of the molecule is NCCCCCCCCCCCCCCN. The number of rotatable bonds is 13. The maximum absolute atomic E-state index is 5.45. The molecule has 0 aliphatic heterocycles. The highest BCUT2D eigenvalue weighted by molar-refractivity contribution is 4.49. The highest BCUT2D eigenvalue weighted by atomic mass is 14.5. The zero-order valence-electron chi connectivity index (χ0n) is 11.1. The molecule has 0 aliphatic rings. The van der Waals surface area contributed by atoms with Gasteiger partial charge in [-0.2, -0.15) is 0 Å². The van der Waals surface area contributed by atoms with Crippen molar-refractivity contribution in [1.82, 2.24) is 0 Å². The van der Waals surface area contributed by atoms with E-state index in [9.17, 15) is 0 Å². The minimum absolute atomic E-state index is 0.864. The summed E-state index contributed by atoms with van der Waals surface area (Å²) >= 11 is 0. The maximum Gasteiger partial charge on any atom is -0.00773 e. The van der Waals surface area contributed by atoms with E-state index in [0.717, 1.165) is 13.1 Å². The van der Waals surface area contributed by atoms with Crippen LogP contribution in [0, 0.1) is 0 Å². The van der Waals surface area contributed by atoms with Crippen LogP contribution in [0.25, 0.3) is 0 Å². The van der Waals surface area contributed by atoms with Gasteiger partial charge in [-0.3, -0.25) is 0 Å². The fraction of sp³-hybridized carbons (Fsp3) is 1.00. The summed E-state index contributed by atoms with van der Waals surface area (Å²) in [5.41, 5.74) is 10.9. The lowest BCUT2D eigenvalue weighted by atomic mass is 10.1. The van der Waals surface area contributed by atoms with Gasteiger partial charge < -0.3 is 11.5 Å². The second-order valence-electron chi connectivity index (χ2n) is 4.82. The summed E-state index contributed by atoms with van der Waals surface area (Å²) in [5, 5.41) is 0. The highest BCUT2D eigenvalue weighted by Crippen LogP contribution is 2.11. The molecule has 98 valence electrons. The Morgan fingerprint density at radius 2 is 0.500 bits per heavy atom. The van der Waals surface area contributed by atoms with Crippen molar-refractivity contribution in [2.24, 2.45) is 11.5 Å². The Morgan fingerprint density at radius 1 is 0.312 bits per heavy atom. The van der Waals surface area contributed by atoms with Gasteiger partial charge >= 0.3 is 0 Å². The Kier molecular flexibility index (Phi) is 14.8. The zero-order valence-corrected chi connectivity index (χ0v) is 11.1. The molecule has 0 saturated carbocycles. The van der Waals surface area contributed by atoms with Gasteiger partial charge in [-0.25, -0.2) is 0 Å². The van der Waals surface area contributed by atoms with E-state index in [1.807, 2.05) is 0 Å². The normalized spacial score (nSPS) is 10.9. The lowest BCUT2D eigenvalue weighted by Gasteiger charge is -2.02. The van der Waals surface area contributed by atoms with E-state index in [1.54, 1.807) is 0 Å². The van der Waals surface area contributed by atoms with Gasteiger partial charge in [-0.15, -0.1) is 0 Å². The Morgan fingerprint density at radius 3 is 0.688 bits per heavy atom. The van der Waals surface area contributed by atoms with Crippen LogP contribution in [0.5, 0.6) is 0 Å². The van der Waals surface area contributed by atoms with Crippen LogP contribution >= 0.6 is 0 Å². The number of hydrogen-bond acceptors (Lipinski definition) is 2. The standard InChI is InChI=1S/C14H32N2/c15-13-11-9-7-5-3-1-2-4-6-8-10-12-14-16/h1-16H2. The van der Waals surface area contributed by atoms with Crippen molar-refractivity contribution < 1.29 is 0 Å². The third kappa shape index (κ3) is 13.9. The van der Waals surface area contributed by atoms with Crippen LogP contribution in [0.1, 0.15) is 77.0 Å². The number of unbranched alkanes of at least 4 members (excludes halogenated alkanes) is 11. The molecule has 0 radical (unpaired) electrons. The van der Waals surface area contributed by atoms with Crippen LogP contribution < -0.4 is 11.5 Å². The Hall–Kier alpha value is -0.0800. The van der Waals surface area contributed by atoms with Crippen molar-refractivity contribution in [2.75, 3.05) is 13.1 Å². The van der Waals surface area contributed by atoms with Crippen LogP contribution in [-0.4, -0.2) is 13.1 Å². The lowest BCUT2D eigenvalue weighted by Crippen LogP contribution is -1.97. The van der Waals surface area contributed by atoms with Gasteiger partial charge in [-0.1, -0.05) is 64.2 Å². The Balaban J connectivity index is 2.83. The Labute approximate surface area is 102 Å². The van der Waals surface area contributed by atoms with E-state index >= 15 is 0 Å². The smallest absolute Gasteiger partial charge is 0.00773 e. The topological polar surface area (TPSA) is 52.0 Å². The molecule has 16 heavy (non-hydrogen) atoms. The molecule has 0 aromatic rings. The average molecular weight is 228 g/mol. The number of nitrogens with two attached hydrogens (primary N) is 2. The second kappa shape index (κ2) is 14.9. The zero-order chi connectivity index (χ0) is 11.9. The van der Waals surface area contributed by atoms with Crippen molar-refractivity contribution in [3.63, 3.8) is 0 Å². The molecule has 2 nitrogen and oxygen atoms in total. The molecule has 4 N–H and O–H groups in total. The minimum atomic E-state index is 0.864. The maximum atomic E-state index is 5.45. The van der Waals surface area contributed by atoms with E-state index in [-0.39, 0.29) is 0 Å². The summed E-state index contributed by atoms with van der Waals surface area (Å²) < 4.78 is 0. The summed E-state index contributed by atoms with van der Waals surface area (Å²) in [6, 6.07) is 0. The Bertz CT molecular complexity index is 101. The third-order valence-corrected chi connectivity index (χ3v) is 3.16. The van der Waals surface area contributed by atoms with Crippen LogP contribution in [0.15, 0.2) is 0 Å². The first kappa shape index (κ1) is 15.9. The molecule has 0 aromatic heterocycles. The van der Waals surface area contributed by atoms with Gasteiger partial charge in [0.2, 0.25) is 0 Å². The molecule has 0 aromatic carbocycles. The molecule has 0 aliphatic carbocycles. The highest BCUT2D eigenvalue weighted by Gasteiger charge is 1.92. The molecule has 2 heteroatoms. The van der Waals surface area contributed by atoms with E-state index in [2.05, 4.69) is 0 Å². The minimum Gasteiger partial charge on any atom is -0.330 e. The quantitative estimate of drug-likeness (QED) is 0.473. The molecule has 0 heterocycles. The molecule has 0 bridgehead atoms. The summed E-state index contributed by atoms with van der Waals surface area (Å²) in [6.07, 6.45) is 16.4. The first-order valence-corrected chi connectivity index (χ1v) is 7.32. The molecule has 0 spiro atoms. The molecular weight excluding hydrogens is 196 g/mol. The van der Waals surface area contributed by atoms with E-state index < -0.39 is 0 Å². The third-order valence-electron chi connectivity index (χ3n) is 3.16. The predicted molar refractivity (Wildman–Crippen MR) is 73.5 cm³/mol.